The van der Waals surface area contributed by atoms with Crippen LogP contribution in [0.2, 0.25) is 0 Å². The molecule has 2 rings (SSSR count). The van der Waals surface area contributed by atoms with Crippen molar-refractivity contribution in [3.05, 3.63) is 39.8 Å². The van der Waals surface area contributed by atoms with Gasteiger partial charge >= 0.3 is 0 Å². The fourth-order valence-electron chi connectivity index (χ4n) is 1.79. The zero-order chi connectivity index (χ0) is 13.7. The second-order valence-electron chi connectivity index (χ2n) is 4.31. The number of nitrogen functional groups attached to an aromatic ring is 1. The Hall–Kier alpha value is -2.06. The van der Waals surface area contributed by atoms with E-state index in [2.05, 4.69) is 21.8 Å². The largest absolute Gasteiger partial charge is 0.398 e. The summed E-state index contributed by atoms with van der Waals surface area (Å²) in [5, 5.41) is 15.3. The maximum Gasteiger partial charge on any atom is 0.0945 e. The molecule has 0 aliphatic heterocycles. The monoisotopic (exact) mass is 272 g/mol. The molecule has 0 saturated carbocycles. The molecule has 0 saturated heterocycles. The van der Waals surface area contributed by atoms with E-state index in [9.17, 15) is 0 Å². The normalized spacial score (nSPS) is 10.1. The third-order valence-electron chi connectivity index (χ3n) is 2.75. The molecule has 0 amide bonds. The van der Waals surface area contributed by atoms with Crippen LogP contribution in [0.3, 0.4) is 0 Å². The molecule has 0 atom stereocenters. The van der Waals surface area contributed by atoms with Gasteiger partial charge in [-0.25, -0.2) is 4.98 Å². The Morgan fingerprint density at radius 1 is 1.47 bits per heavy atom. The number of nitrogens with two attached hydrogens (primary N) is 1. The molecule has 1 heterocycles. The van der Waals surface area contributed by atoms with Crippen molar-refractivity contribution in [1.82, 2.24) is 4.98 Å². The van der Waals surface area contributed by atoms with Gasteiger partial charge in [0.15, 0.2) is 0 Å². The van der Waals surface area contributed by atoms with Gasteiger partial charge in [-0.05, 0) is 30.7 Å². The van der Waals surface area contributed by atoms with Crippen LogP contribution in [-0.2, 0) is 12.8 Å². The van der Waals surface area contributed by atoms with E-state index in [1.165, 1.54) is 0 Å². The van der Waals surface area contributed by atoms with Crippen LogP contribution in [-0.4, -0.2) is 11.5 Å². The summed E-state index contributed by atoms with van der Waals surface area (Å²) < 4.78 is 0. The third kappa shape index (κ3) is 3.70. The predicted molar refractivity (Wildman–Crippen MR) is 79.2 cm³/mol. The van der Waals surface area contributed by atoms with E-state index >= 15 is 0 Å². The van der Waals surface area contributed by atoms with Gasteiger partial charge in [0.1, 0.15) is 0 Å². The molecule has 0 spiro atoms. The summed E-state index contributed by atoms with van der Waals surface area (Å²) in [6, 6.07) is 7.83. The number of hydrogen-bond donors (Lipinski definition) is 2. The Kier molecular flexibility index (Phi) is 4.37. The molecule has 0 unspecified atom stereocenters. The standard InChI is InChI=1S/C14H16N4S/c1-10-9-19-14(18-10)5-7-17-12-2-3-13(16)11(8-12)4-6-15/h2-3,8-9,17H,4-5,7,16H2,1H3. The van der Waals surface area contributed by atoms with Crippen LogP contribution >= 0.6 is 11.3 Å². The lowest BCUT2D eigenvalue weighted by molar-refractivity contribution is 0.986. The van der Waals surface area contributed by atoms with Gasteiger partial charge in [-0.15, -0.1) is 11.3 Å². The average Bonchev–Trinajstić information content (AvgIpc) is 2.79. The van der Waals surface area contributed by atoms with E-state index in [0.717, 1.165) is 34.9 Å². The highest BCUT2D eigenvalue weighted by molar-refractivity contribution is 7.09. The lowest BCUT2D eigenvalue weighted by Gasteiger charge is -2.08. The minimum Gasteiger partial charge on any atom is -0.398 e. The van der Waals surface area contributed by atoms with Crippen molar-refractivity contribution in [2.75, 3.05) is 17.6 Å². The molecule has 98 valence electrons. The first-order chi connectivity index (χ1) is 9.19. The number of nitriles is 1. The first-order valence-corrected chi connectivity index (χ1v) is 6.97. The molecular weight excluding hydrogens is 256 g/mol. The van der Waals surface area contributed by atoms with Crippen molar-refractivity contribution in [3.8, 4) is 6.07 Å². The van der Waals surface area contributed by atoms with Gasteiger partial charge in [0.05, 0.1) is 17.5 Å². The Morgan fingerprint density at radius 2 is 2.32 bits per heavy atom. The Labute approximate surface area is 116 Å². The highest BCUT2D eigenvalue weighted by Crippen LogP contribution is 2.18. The fourth-order valence-corrected chi connectivity index (χ4v) is 2.56. The van der Waals surface area contributed by atoms with Gasteiger partial charge in [-0.1, -0.05) is 0 Å². The minimum absolute atomic E-state index is 0.340. The Morgan fingerprint density at radius 3 is 3.00 bits per heavy atom. The molecule has 1 aromatic carbocycles. The van der Waals surface area contributed by atoms with Crippen LogP contribution in [0.15, 0.2) is 23.6 Å². The number of anilines is 2. The van der Waals surface area contributed by atoms with Crippen molar-refractivity contribution < 1.29 is 0 Å². The number of hydrogen-bond acceptors (Lipinski definition) is 5. The lowest BCUT2D eigenvalue weighted by Crippen LogP contribution is -2.05. The summed E-state index contributed by atoms with van der Waals surface area (Å²) in [4.78, 5) is 4.42. The number of aromatic nitrogens is 1. The summed E-state index contributed by atoms with van der Waals surface area (Å²) in [5.74, 6) is 0. The van der Waals surface area contributed by atoms with Crippen LogP contribution in [0.5, 0.6) is 0 Å². The Bertz CT molecular complexity index is 598. The molecular formula is C14H16N4S. The molecule has 2 aromatic rings. The highest BCUT2D eigenvalue weighted by Gasteiger charge is 2.02. The van der Waals surface area contributed by atoms with Crippen molar-refractivity contribution in [2.24, 2.45) is 0 Å². The minimum atomic E-state index is 0.340. The van der Waals surface area contributed by atoms with Crippen LogP contribution < -0.4 is 11.1 Å². The molecule has 0 aliphatic rings. The SMILES string of the molecule is Cc1csc(CCNc2ccc(N)c(CC#N)c2)n1. The van der Waals surface area contributed by atoms with Crippen molar-refractivity contribution in [3.63, 3.8) is 0 Å². The Balaban J connectivity index is 1.92. The topological polar surface area (TPSA) is 74.7 Å². The summed E-state index contributed by atoms with van der Waals surface area (Å²) in [6.07, 6.45) is 1.24. The van der Waals surface area contributed by atoms with E-state index in [4.69, 9.17) is 11.0 Å². The smallest absolute Gasteiger partial charge is 0.0945 e. The van der Waals surface area contributed by atoms with Gasteiger partial charge < -0.3 is 11.1 Å². The van der Waals surface area contributed by atoms with E-state index in [1.54, 1.807) is 11.3 Å². The highest BCUT2D eigenvalue weighted by atomic mass is 32.1. The second-order valence-corrected chi connectivity index (χ2v) is 5.25. The molecule has 0 radical (unpaired) electrons. The number of nitrogens with one attached hydrogen (secondary N) is 1. The maximum atomic E-state index is 8.73. The third-order valence-corrected chi connectivity index (χ3v) is 3.77. The fraction of sp³-hybridized carbons (Fsp3) is 0.286. The van der Waals surface area contributed by atoms with Crippen molar-refractivity contribution >= 4 is 22.7 Å². The summed E-state index contributed by atoms with van der Waals surface area (Å²) in [5.41, 5.74) is 9.42. The summed E-state index contributed by atoms with van der Waals surface area (Å²) in [7, 11) is 0. The number of aryl methyl sites for hydroxylation is 1. The number of thiazole rings is 1. The molecule has 19 heavy (non-hydrogen) atoms. The van der Waals surface area contributed by atoms with Crippen LogP contribution in [0.4, 0.5) is 11.4 Å². The quantitative estimate of drug-likeness (QED) is 0.821. The maximum absolute atomic E-state index is 8.73. The molecule has 1 aromatic heterocycles. The lowest BCUT2D eigenvalue weighted by atomic mass is 10.1. The van der Waals surface area contributed by atoms with E-state index in [0.29, 0.717) is 12.1 Å². The van der Waals surface area contributed by atoms with E-state index in [-0.39, 0.29) is 0 Å². The molecule has 0 fully saturated rings. The molecule has 3 N–H and O–H groups in total. The molecule has 4 nitrogen and oxygen atoms in total. The zero-order valence-corrected chi connectivity index (χ0v) is 11.6. The summed E-state index contributed by atoms with van der Waals surface area (Å²) >= 11 is 1.68. The molecule has 0 bridgehead atoms. The van der Waals surface area contributed by atoms with Gasteiger partial charge in [0.25, 0.3) is 0 Å². The number of rotatable bonds is 5. The molecule has 0 aliphatic carbocycles. The first-order valence-electron chi connectivity index (χ1n) is 6.09. The van der Waals surface area contributed by atoms with Crippen molar-refractivity contribution in [1.29, 1.82) is 5.26 Å². The number of benzene rings is 1. The summed E-state index contributed by atoms with van der Waals surface area (Å²) in [6.45, 7) is 2.82. The van der Waals surface area contributed by atoms with Gasteiger partial charge in [0.2, 0.25) is 0 Å². The number of nitrogens with zero attached hydrogens (tertiary/aromatic N) is 2. The first kappa shape index (κ1) is 13.4. The van der Waals surface area contributed by atoms with E-state index in [1.807, 2.05) is 25.1 Å². The van der Waals surface area contributed by atoms with E-state index < -0.39 is 0 Å². The second kappa shape index (κ2) is 6.21. The van der Waals surface area contributed by atoms with Crippen LogP contribution in [0.25, 0.3) is 0 Å². The van der Waals surface area contributed by atoms with Crippen molar-refractivity contribution in [2.45, 2.75) is 19.8 Å². The zero-order valence-electron chi connectivity index (χ0n) is 10.8. The van der Waals surface area contributed by atoms with Gasteiger partial charge in [-0.3, -0.25) is 0 Å². The predicted octanol–water partition coefficient (Wildman–Crippen LogP) is 2.75. The van der Waals surface area contributed by atoms with Gasteiger partial charge in [-0.2, -0.15) is 5.26 Å². The van der Waals surface area contributed by atoms with Gasteiger partial charge in [0, 0.05) is 35.4 Å². The van der Waals surface area contributed by atoms with Crippen LogP contribution in [0, 0.1) is 18.3 Å². The average molecular weight is 272 g/mol. The molecule has 5 heteroatoms. The van der Waals surface area contributed by atoms with Crippen LogP contribution in [0.1, 0.15) is 16.3 Å².